The van der Waals surface area contributed by atoms with Gasteiger partial charge in [0, 0.05) is 12.2 Å². The fourth-order valence-corrected chi connectivity index (χ4v) is 2.59. The molecule has 0 unspecified atom stereocenters. The van der Waals surface area contributed by atoms with Crippen molar-refractivity contribution in [1.82, 2.24) is 10.7 Å². The van der Waals surface area contributed by atoms with Crippen molar-refractivity contribution in [3.63, 3.8) is 0 Å². The molecule has 8 heteroatoms. The average molecular weight is 430 g/mol. The number of nitrogens with one attached hydrogen (secondary N) is 3. The Morgan fingerprint density at radius 3 is 2.16 bits per heavy atom. The number of anilines is 1. The number of hydrogen-bond donors (Lipinski definition) is 3. The molecule has 3 rings (SSSR count). The zero-order valence-electron chi connectivity index (χ0n) is 17.2. The summed E-state index contributed by atoms with van der Waals surface area (Å²) in [6.45, 7) is 0.123. The van der Waals surface area contributed by atoms with E-state index < -0.39 is 11.8 Å². The predicted molar refractivity (Wildman–Crippen MR) is 121 cm³/mol. The number of hydrogen-bond acceptors (Lipinski definition) is 5. The monoisotopic (exact) mass is 430 g/mol. The van der Waals surface area contributed by atoms with Crippen molar-refractivity contribution in [3.8, 4) is 5.75 Å². The van der Waals surface area contributed by atoms with Crippen LogP contribution in [0, 0.1) is 0 Å². The molecule has 0 fully saturated rings. The Bertz CT molecular complexity index is 1070. The molecule has 0 bridgehead atoms. The van der Waals surface area contributed by atoms with Gasteiger partial charge in [0.15, 0.2) is 6.61 Å². The van der Waals surface area contributed by atoms with Crippen molar-refractivity contribution in [1.29, 1.82) is 0 Å². The zero-order valence-corrected chi connectivity index (χ0v) is 17.2. The molecule has 32 heavy (non-hydrogen) atoms. The fourth-order valence-electron chi connectivity index (χ4n) is 2.59. The van der Waals surface area contributed by atoms with Crippen molar-refractivity contribution in [2.75, 3.05) is 11.9 Å². The number of benzene rings is 3. The maximum absolute atomic E-state index is 11.9. The molecule has 0 aliphatic rings. The summed E-state index contributed by atoms with van der Waals surface area (Å²) in [4.78, 5) is 35.5. The normalized spacial score (nSPS) is 10.4. The Morgan fingerprint density at radius 1 is 0.812 bits per heavy atom. The van der Waals surface area contributed by atoms with E-state index in [0.29, 0.717) is 17.0 Å². The van der Waals surface area contributed by atoms with E-state index in [4.69, 9.17) is 4.74 Å². The van der Waals surface area contributed by atoms with Gasteiger partial charge in [-0.15, -0.1) is 0 Å². The van der Waals surface area contributed by atoms with Crippen molar-refractivity contribution >= 4 is 29.6 Å². The van der Waals surface area contributed by atoms with E-state index in [1.807, 2.05) is 48.5 Å². The standard InChI is InChI=1S/C24H22N4O4/c29-22(27-20-9-5-2-6-10-20)17-32-21-13-11-19(12-14-21)16-26-28-24(31)23(30)25-15-18-7-3-1-4-8-18/h1-14,16H,15,17H2,(H,25,30)(H,27,29)(H,28,31)/b26-16-. The van der Waals surface area contributed by atoms with Crippen molar-refractivity contribution < 1.29 is 19.1 Å². The molecule has 0 heterocycles. The molecule has 0 saturated heterocycles. The van der Waals surface area contributed by atoms with Crippen LogP contribution in [0.25, 0.3) is 0 Å². The van der Waals surface area contributed by atoms with Gasteiger partial charge in [-0.2, -0.15) is 5.10 Å². The lowest BCUT2D eigenvalue weighted by atomic mass is 10.2. The third-order valence-electron chi connectivity index (χ3n) is 4.19. The highest BCUT2D eigenvalue weighted by Gasteiger charge is 2.11. The van der Waals surface area contributed by atoms with Gasteiger partial charge in [0.05, 0.1) is 6.21 Å². The Labute approximate surface area is 185 Å². The summed E-state index contributed by atoms with van der Waals surface area (Å²) >= 11 is 0. The van der Waals surface area contributed by atoms with E-state index >= 15 is 0 Å². The Hall–Kier alpha value is -4.46. The molecular weight excluding hydrogens is 408 g/mol. The minimum absolute atomic E-state index is 0.128. The van der Waals surface area contributed by atoms with Crippen LogP contribution in [0.3, 0.4) is 0 Å². The minimum atomic E-state index is -0.860. The van der Waals surface area contributed by atoms with Crippen LogP contribution in [0.2, 0.25) is 0 Å². The number of ether oxygens (including phenoxy) is 1. The molecule has 3 amide bonds. The Kier molecular flexibility index (Phi) is 8.10. The molecule has 0 spiro atoms. The molecule has 0 aromatic heterocycles. The predicted octanol–water partition coefficient (Wildman–Crippen LogP) is 2.47. The summed E-state index contributed by atoms with van der Waals surface area (Å²) in [7, 11) is 0. The Balaban J connectivity index is 1.39. The highest BCUT2D eigenvalue weighted by Crippen LogP contribution is 2.11. The Morgan fingerprint density at radius 2 is 1.47 bits per heavy atom. The van der Waals surface area contributed by atoms with Crippen LogP contribution in [-0.4, -0.2) is 30.5 Å². The van der Waals surface area contributed by atoms with Gasteiger partial charge in [-0.25, -0.2) is 5.43 Å². The average Bonchev–Trinajstić information content (AvgIpc) is 2.83. The van der Waals surface area contributed by atoms with E-state index in [1.54, 1.807) is 36.4 Å². The number of para-hydroxylation sites is 1. The van der Waals surface area contributed by atoms with E-state index in [1.165, 1.54) is 6.21 Å². The molecular formula is C24H22N4O4. The van der Waals surface area contributed by atoms with E-state index in [2.05, 4.69) is 21.2 Å². The van der Waals surface area contributed by atoms with Crippen LogP contribution in [0.15, 0.2) is 90.0 Å². The maximum atomic E-state index is 11.9. The van der Waals surface area contributed by atoms with Crippen LogP contribution in [0.1, 0.15) is 11.1 Å². The molecule has 0 aliphatic heterocycles. The molecule has 0 radical (unpaired) electrons. The molecule has 3 aromatic carbocycles. The highest BCUT2D eigenvalue weighted by molar-refractivity contribution is 6.35. The van der Waals surface area contributed by atoms with Gasteiger partial charge in [0.1, 0.15) is 5.75 Å². The van der Waals surface area contributed by atoms with Crippen molar-refractivity contribution in [3.05, 3.63) is 96.1 Å². The van der Waals surface area contributed by atoms with E-state index in [-0.39, 0.29) is 19.1 Å². The summed E-state index contributed by atoms with van der Waals surface area (Å²) in [5.41, 5.74) is 4.44. The molecule has 3 N–H and O–H groups in total. The number of rotatable bonds is 8. The number of carbonyl (C=O) groups is 3. The number of amides is 3. The van der Waals surface area contributed by atoms with Gasteiger partial charge in [-0.1, -0.05) is 48.5 Å². The first kappa shape index (κ1) is 22.2. The number of carbonyl (C=O) groups excluding carboxylic acids is 3. The molecule has 162 valence electrons. The summed E-state index contributed by atoms with van der Waals surface area (Å²) in [5, 5.41) is 9.03. The first-order valence-electron chi connectivity index (χ1n) is 9.83. The van der Waals surface area contributed by atoms with Crippen LogP contribution in [-0.2, 0) is 20.9 Å². The van der Waals surface area contributed by atoms with Gasteiger partial charge in [0.25, 0.3) is 5.91 Å². The molecule has 0 saturated carbocycles. The third kappa shape index (κ3) is 7.42. The van der Waals surface area contributed by atoms with E-state index in [9.17, 15) is 14.4 Å². The SMILES string of the molecule is O=C(COc1ccc(/C=N\NC(=O)C(=O)NCc2ccccc2)cc1)Nc1ccccc1. The number of nitrogens with zero attached hydrogens (tertiary/aromatic N) is 1. The second-order valence-electron chi connectivity index (χ2n) is 6.64. The lowest BCUT2D eigenvalue weighted by Crippen LogP contribution is -2.37. The molecule has 0 aliphatic carbocycles. The summed E-state index contributed by atoms with van der Waals surface area (Å²) in [6, 6.07) is 25.1. The summed E-state index contributed by atoms with van der Waals surface area (Å²) in [5.74, 6) is -1.39. The second-order valence-corrected chi connectivity index (χ2v) is 6.64. The molecule has 3 aromatic rings. The van der Waals surface area contributed by atoms with Gasteiger partial charge >= 0.3 is 11.8 Å². The van der Waals surface area contributed by atoms with Crippen LogP contribution < -0.4 is 20.8 Å². The smallest absolute Gasteiger partial charge is 0.329 e. The first-order valence-corrected chi connectivity index (χ1v) is 9.83. The zero-order chi connectivity index (χ0) is 22.6. The summed E-state index contributed by atoms with van der Waals surface area (Å²) in [6.07, 6.45) is 1.40. The summed E-state index contributed by atoms with van der Waals surface area (Å²) < 4.78 is 5.45. The van der Waals surface area contributed by atoms with Crippen molar-refractivity contribution in [2.45, 2.75) is 6.54 Å². The lowest BCUT2D eigenvalue weighted by molar-refractivity contribution is -0.139. The quantitative estimate of drug-likeness (QED) is 0.290. The minimum Gasteiger partial charge on any atom is -0.484 e. The lowest BCUT2D eigenvalue weighted by Gasteiger charge is -2.07. The van der Waals surface area contributed by atoms with Gasteiger partial charge in [-0.3, -0.25) is 14.4 Å². The van der Waals surface area contributed by atoms with Gasteiger partial charge in [0.2, 0.25) is 0 Å². The van der Waals surface area contributed by atoms with Gasteiger partial charge < -0.3 is 15.4 Å². The maximum Gasteiger partial charge on any atom is 0.329 e. The van der Waals surface area contributed by atoms with Crippen LogP contribution in [0.4, 0.5) is 5.69 Å². The molecule has 0 atom stereocenters. The second kappa shape index (κ2) is 11.7. The first-order chi connectivity index (χ1) is 15.6. The third-order valence-corrected chi connectivity index (χ3v) is 4.19. The largest absolute Gasteiger partial charge is 0.484 e. The van der Waals surface area contributed by atoms with Crippen LogP contribution in [0.5, 0.6) is 5.75 Å². The van der Waals surface area contributed by atoms with Crippen molar-refractivity contribution in [2.24, 2.45) is 5.10 Å². The molecule has 8 nitrogen and oxygen atoms in total. The highest BCUT2D eigenvalue weighted by atomic mass is 16.5. The van der Waals surface area contributed by atoms with Gasteiger partial charge in [-0.05, 0) is 47.5 Å². The number of hydrazone groups is 1. The van der Waals surface area contributed by atoms with Crippen LogP contribution >= 0.6 is 0 Å². The van der Waals surface area contributed by atoms with E-state index in [0.717, 1.165) is 5.56 Å². The fraction of sp³-hybridized carbons (Fsp3) is 0.0833. The topological polar surface area (TPSA) is 109 Å².